The van der Waals surface area contributed by atoms with Gasteiger partial charge in [0.1, 0.15) is 0 Å². The highest BCUT2D eigenvalue weighted by Gasteiger charge is 2.14. The van der Waals surface area contributed by atoms with E-state index in [0.717, 1.165) is 27.5 Å². The Bertz CT molecular complexity index is 500. The fourth-order valence-corrected chi connectivity index (χ4v) is 3.81. The maximum absolute atomic E-state index is 4.50. The van der Waals surface area contributed by atoms with Crippen molar-refractivity contribution in [1.82, 2.24) is 10.3 Å². The summed E-state index contributed by atoms with van der Waals surface area (Å²) in [6, 6.07) is 4.49. The maximum atomic E-state index is 4.50. The van der Waals surface area contributed by atoms with Crippen molar-refractivity contribution in [3.05, 3.63) is 49.3 Å². The maximum Gasteiger partial charge on any atom is 0.0715 e. The molecule has 0 aliphatic rings. The molecule has 2 aromatic heterocycles. The fourth-order valence-electron chi connectivity index (χ4n) is 1.85. The molecule has 1 unspecified atom stereocenters. The van der Waals surface area contributed by atoms with E-state index in [0.29, 0.717) is 0 Å². The number of halogens is 2. The van der Waals surface area contributed by atoms with Gasteiger partial charge in [0.25, 0.3) is 0 Å². The molecule has 0 bridgehead atoms. The lowest BCUT2D eigenvalue weighted by atomic mass is 10.0. The first-order valence-corrected chi connectivity index (χ1v) is 8.23. The Balaban J connectivity index is 2.08. The summed E-state index contributed by atoms with van der Waals surface area (Å²) in [6.45, 7) is 0. The van der Waals surface area contributed by atoms with Crippen molar-refractivity contribution in [1.29, 1.82) is 0 Å². The Labute approximate surface area is 128 Å². The third-order valence-electron chi connectivity index (χ3n) is 2.82. The van der Waals surface area contributed by atoms with Crippen LogP contribution in [0.15, 0.2) is 38.0 Å². The lowest BCUT2D eigenvalue weighted by Crippen LogP contribution is -2.18. The van der Waals surface area contributed by atoms with E-state index in [1.807, 2.05) is 19.3 Å². The minimum atomic E-state index is 0.271. The first-order valence-electron chi connectivity index (χ1n) is 5.70. The number of aromatic nitrogens is 1. The topological polar surface area (TPSA) is 24.9 Å². The standard InChI is InChI=1S/C13H14Br2N2S/c1-16-12(3-2-9-4-5-18-8-9)13-11(15)6-10(14)7-17-13/h4-8,12,16H,2-3H2,1H3. The molecule has 0 aliphatic carbocycles. The predicted molar refractivity (Wildman–Crippen MR) is 84.1 cm³/mol. The van der Waals surface area contributed by atoms with E-state index in [1.54, 1.807) is 11.3 Å². The first-order chi connectivity index (χ1) is 8.70. The monoisotopic (exact) mass is 388 g/mol. The molecule has 0 aromatic carbocycles. The van der Waals surface area contributed by atoms with Crippen LogP contribution in [0.25, 0.3) is 0 Å². The van der Waals surface area contributed by atoms with Crippen LogP contribution in [0.3, 0.4) is 0 Å². The van der Waals surface area contributed by atoms with E-state index in [9.17, 15) is 0 Å². The molecular formula is C13H14Br2N2S. The van der Waals surface area contributed by atoms with Crippen molar-refractivity contribution in [2.75, 3.05) is 7.05 Å². The highest BCUT2D eigenvalue weighted by atomic mass is 79.9. The summed E-state index contributed by atoms with van der Waals surface area (Å²) < 4.78 is 2.03. The minimum Gasteiger partial charge on any atom is -0.312 e. The molecule has 1 atom stereocenters. The second-order valence-electron chi connectivity index (χ2n) is 4.03. The second kappa shape index (κ2) is 6.80. The molecule has 2 aromatic rings. The molecule has 2 nitrogen and oxygen atoms in total. The van der Waals surface area contributed by atoms with Crippen molar-refractivity contribution < 1.29 is 0 Å². The van der Waals surface area contributed by atoms with Gasteiger partial charge in [-0.1, -0.05) is 0 Å². The predicted octanol–water partition coefficient (Wildman–Crippen LogP) is 4.56. The van der Waals surface area contributed by atoms with Crippen molar-refractivity contribution in [2.45, 2.75) is 18.9 Å². The van der Waals surface area contributed by atoms with Gasteiger partial charge in [-0.25, -0.2) is 0 Å². The van der Waals surface area contributed by atoms with Gasteiger partial charge in [-0.15, -0.1) is 0 Å². The zero-order valence-electron chi connectivity index (χ0n) is 9.99. The molecule has 0 saturated carbocycles. The van der Waals surface area contributed by atoms with Crippen LogP contribution < -0.4 is 5.32 Å². The first kappa shape index (κ1) is 14.2. The average Bonchev–Trinajstić information content (AvgIpc) is 2.85. The third-order valence-corrected chi connectivity index (χ3v) is 4.62. The molecule has 96 valence electrons. The molecule has 0 radical (unpaired) electrons. The van der Waals surface area contributed by atoms with Gasteiger partial charge in [-0.3, -0.25) is 4.98 Å². The molecule has 2 rings (SSSR count). The van der Waals surface area contributed by atoms with Gasteiger partial charge in [0.05, 0.1) is 11.7 Å². The fraction of sp³-hybridized carbons (Fsp3) is 0.308. The van der Waals surface area contributed by atoms with Crippen LogP contribution in [-0.4, -0.2) is 12.0 Å². The van der Waals surface area contributed by atoms with Gasteiger partial charge in [-0.2, -0.15) is 11.3 Å². The third kappa shape index (κ3) is 3.63. The number of hydrogen-bond acceptors (Lipinski definition) is 3. The Hall–Kier alpha value is -0.230. The average molecular weight is 390 g/mol. The Morgan fingerprint density at radius 2 is 2.28 bits per heavy atom. The lowest BCUT2D eigenvalue weighted by Gasteiger charge is -2.16. The van der Waals surface area contributed by atoms with E-state index in [1.165, 1.54) is 5.56 Å². The van der Waals surface area contributed by atoms with Crippen LogP contribution in [0.5, 0.6) is 0 Å². The van der Waals surface area contributed by atoms with Gasteiger partial charge in [0.15, 0.2) is 0 Å². The van der Waals surface area contributed by atoms with Crippen molar-refractivity contribution in [2.24, 2.45) is 0 Å². The van der Waals surface area contributed by atoms with E-state index in [-0.39, 0.29) is 6.04 Å². The van der Waals surface area contributed by atoms with Crippen LogP contribution in [0.1, 0.15) is 23.7 Å². The molecular weight excluding hydrogens is 376 g/mol. The van der Waals surface area contributed by atoms with Gasteiger partial charge >= 0.3 is 0 Å². The number of pyridine rings is 1. The molecule has 5 heteroatoms. The molecule has 18 heavy (non-hydrogen) atoms. The van der Waals surface area contributed by atoms with E-state index in [4.69, 9.17) is 0 Å². The van der Waals surface area contributed by atoms with Crippen molar-refractivity contribution in [3.8, 4) is 0 Å². The Kier molecular flexibility index (Phi) is 5.36. The summed E-state index contributed by atoms with van der Waals surface area (Å²) in [5, 5.41) is 7.66. The van der Waals surface area contributed by atoms with E-state index >= 15 is 0 Å². The van der Waals surface area contributed by atoms with Crippen LogP contribution in [0, 0.1) is 0 Å². The minimum absolute atomic E-state index is 0.271. The number of aryl methyl sites for hydroxylation is 1. The molecule has 0 amide bonds. The molecule has 0 saturated heterocycles. The summed E-state index contributed by atoms with van der Waals surface area (Å²) >= 11 is 8.75. The molecule has 0 aliphatic heterocycles. The second-order valence-corrected chi connectivity index (χ2v) is 6.58. The van der Waals surface area contributed by atoms with Gasteiger partial charge < -0.3 is 5.32 Å². The number of nitrogens with zero attached hydrogens (tertiary/aromatic N) is 1. The molecule has 2 heterocycles. The number of thiophene rings is 1. The number of rotatable bonds is 5. The molecule has 0 fully saturated rings. The SMILES string of the molecule is CNC(CCc1ccsc1)c1ncc(Br)cc1Br. The lowest BCUT2D eigenvalue weighted by molar-refractivity contribution is 0.533. The summed E-state index contributed by atoms with van der Waals surface area (Å²) in [6.07, 6.45) is 3.95. The van der Waals surface area contributed by atoms with Crippen molar-refractivity contribution >= 4 is 43.2 Å². The van der Waals surface area contributed by atoms with E-state index < -0.39 is 0 Å². The smallest absolute Gasteiger partial charge is 0.0715 e. The zero-order valence-corrected chi connectivity index (χ0v) is 14.0. The van der Waals surface area contributed by atoms with Gasteiger partial charge in [-0.05, 0) is 80.2 Å². The largest absolute Gasteiger partial charge is 0.312 e. The Morgan fingerprint density at radius 3 is 2.89 bits per heavy atom. The van der Waals surface area contributed by atoms with Gasteiger partial charge in [0.2, 0.25) is 0 Å². The van der Waals surface area contributed by atoms with Gasteiger partial charge in [0, 0.05) is 15.1 Å². The van der Waals surface area contributed by atoms with Crippen LogP contribution >= 0.6 is 43.2 Å². The summed E-state index contributed by atoms with van der Waals surface area (Å²) in [5.74, 6) is 0. The van der Waals surface area contributed by atoms with E-state index in [2.05, 4.69) is 59.0 Å². The highest BCUT2D eigenvalue weighted by Crippen LogP contribution is 2.27. The normalized spacial score (nSPS) is 12.6. The number of hydrogen-bond donors (Lipinski definition) is 1. The van der Waals surface area contributed by atoms with Crippen molar-refractivity contribution in [3.63, 3.8) is 0 Å². The van der Waals surface area contributed by atoms with Crippen LogP contribution in [0.4, 0.5) is 0 Å². The quantitative estimate of drug-likeness (QED) is 0.810. The van der Waals surface area contributed by atoms with Crippen LogP contribution in [0.2, 0.25) is 0 Å². The number of nitrogens with one attached hydrogen (secondary N) is 1. The summed E-state index contributed by atoms with van der Waals surface area (Å²) in [5.41, 5.74) is 2.46. The Morgan fingerprint density at radius 1 is 1.44 bits per heavy atom. The summed E-state index contributed by atoms with van der Waals surface area (Å²) in [7, 11) is 1.98. The highest BCUT2D eigenvalue weighted by molar-refractivity contribution is 9.11. The molecule has 0 spiro atoms. The summed E-state index contributed by atoms with van der Waals surface area (Å²) in [4.78, 5) is 4.50. The van der Waals surface area contributed by atoms with Crippen LogP contribution in [-0.2, 0) is 6.42 Å². The zero-order chi connectivity index (χ0) is 13.0. The molecule has 1 N–H and O–H groups in total.